The lowest BCUT2D eigenvalue weighted by Crippen LogP contribution is -2.26. The highest BCUT2D eigenvalue weighted by atomic mass is 16.5. The molecule has 0 aromatic heterocycles. The molecular weight excluding hydrogens is 138 g/mol. The number of hydrogen-bond donors (Lipinski definition) is 1. The standard InChI is InChI=1S/C9H21NO/c1-4-7-11-8-6-9(3)10-5-2/h9-10H,4-8H2,1-3H3. The van der Waals surface area contributed by atoms with Crippen molar-refractivity contribution >= 4 is 0 Å². The van der Waals surface area contributed by atoms with Crippen LogP contribution in [0.3, 0.4) is 0 Å². The van der Waals surface area contributed by atoms with Crippen molar-refractivity contribution in [3.05, 3.63) is 0 Å². The normalized spacial score (nSPS) is 13.4. The minimum atomic E-state index is 0.594. The van der Waals surface area contributed by atoms with E-state index in [-0.39, 0.29) is 0 Å². The van der Waals surface area contributed by atoms with Gasteiger partial charge in [0.25, 0.3) is 0 Å². The van der Waals surface area contributed by atoms with E-state index in [0.29, 0.717) is 6.04 Å². The zero-order valence-electron chi connectivity index (χ0n) is 8.02. The van der Waals surface area contributed by atoms with Crippen LogP contribution in [0.15, 0.2) is 0 Å². The van der Waals surface area contributed by atoms with Gasteiger partial charge in [0.05, 0.1) is 0 Å². The van der Waals surface area contributed by atoms with Gasteiger partial charge in [0.1, 0.15) is 0 Å². The molecule has 1 N–H and O–H groups in total. The van der Waals surface area contributed by atoms with Crippen LogP contribution in [0, 0.1) is 0 Å². The van der Waals surface area contributed by atoms with Gasteiger partial charge in [0.15, 0.2) is 0 Å². The highest BCUT2D eigenvalue weighted by Crippen LogP contribution is 1.91. The van der Waals surface area contributed by atoms with Gasteiger partial charge < -0.3 is 10.1 Å². The van der Waals surface area contributed by atoms with Crippen molar-refractivity contribution in [1.29, 1.82) is 0 Å². The van der Waals surface area contributed by atoms with Gasteiger partial charge in [-0.05, 0) is 26.3 Å². The Morgan fingerprint density at radius 3 is 2.55 bits per heavy atom. The zero-order valence-corrected chi connectivity index (χ0v) is 8.02. The molecule has 0 saturated heterocycles. The van der Waals surface area contributed by atoms with Gasteiger partial charge >= 0.3 is 0 Å². The molecule has 0 aliphatic carbocycles. The molecule has 68 valence electrons. The summed E-state index contributed by atoms with van der Waals surface area (Å²) >= 11 is 0. The van der Waals surface area contributed by atoms with Crippen LogP contribution in [0.1, 0.15) is 33.6 Å². The van der Waals surface area contributed by atoms with E-state index in [2.05, 4.69) is 26.1 Å². The highest BCUT2D eigenvalue weighted by molar-refractivity contribution is 4.57. The Morgan fingerprint density at radius 1 is 1.27 bits per heavy atom. The second-order valence-electron chi connectivity index (χ2n) is 2.86. The molecule has 0 aromatic rings. The third-order valence-electron chi connectivity index (χ3n) is 1.60. The summed E-state index contributed by atoms with van der Waals surface area (Å²) in [5, 5.41) is 3.34. The molecule has 11 heavy (non-hydrogen) atoms. The van der Waals surface area contributed by atoms with Crippen molar-refractivity contribution in [2.45, 2.75) is 39.7 Å². The fourth-order valence-corrected chi connectivity index (χ4v) is 0.957. The number of nitrogens with one attached hydrogen (secondary N) is 1. The van der Waals surface area contributed by atoms with Crippen molar-refractivity contribution in [1.82, 2.24) is 5.32 Å². The molecule has 0 aliphatic rings. The Morgan fingerprint density at radius 2 is 2.00 bits per heavy atom. The minimum Gasteiger partial charge on any atom is -0.381 e. The molecule has 1 atom stereocenters. The Bertz CT molecular complexity index is 76.0. The Hall–Kier alpha value is -0.0800. The van der Waals surface area contributed by atoms with Gasteiger partial charge in [-0.15, -0.1) is 0 Å². The van der Waals surface area contributed by atoms with Crippen molar-refractivity contribution in [3.8, 4) is 0 Å². The van der Waals surface area contributed by atoms with Gasteiger partial charge in [-0.1, -0.05) is 13.8 Å². The molecule has 0 heterocycles. The third-order valence-corrected chi connectivity index (χ3v) is 1.60. The molecule has 0 fully saturated rings. The maximum atomic E-state index is 5.36. The minimum absolute atomic E-state index is 0.594. The number of ether oxygens (including phenoxy) is 1. The predicted octanol–water partition coefficient (Wildman–Crippen LogP) is 1.80. The van der Waals surface area contributed by atoms with Crippen LogP contribution in [0.4, 0.5) is 0 Å². The molecule has 0 aromatic carbocycles. The van der Waals surface area contributed by atoms with Crippen LogP contribution in [0.5, 0.6) is 0 Å². The fourth-order valence-electron chi connectivity index (χ4n) is 0.957. The van der Waals surface area contributed by atoms with E-state index in [1.165, 1.54) is 0 Å². The maximum absolute atomic E-state index is 5.36. The van der Waals surface area contributed by atoms with E-state index in [4.69, 9.17) is 4.74 Å². The lowest BCUT2D eigenvalue weighted by atomic mass is 10.2. The van der Waals surface area contributed by atoms with Crippen LogP contribution in [0.25, 0.3) is 0 Å². The summed E-state index contributed by atoms with van der Waals surface area (Å²) in [6.45, 7) is 9.30. The smallest absolute Gasteiger partial charge is 0.0480 e. The molecule has 2 heteroatoms. The first-order chi connectivity index (χ1) is 5.31. The average Bonchev–Trinajstić information content (AvgIpc) is 1.99. The van der Waals surface area contributed by atoms with Crippen molar-refractivity contribution < 1.29 is 4.74 Å². The number of rotatable bonds is 7. The quantitative estimate of drug-likeness (QED) is 0.572. The summed E-state index contributed by atoms with van der Waals surface area (Å²) < 4.78 is 5.36. The van der Waals surface area contributed by atoms with E-state index in [1.807, 2.05) is 0 Å². The molecule has 0 aliphatic heterocycles. The van der Waals surface area contributed by atoms with Crippen LogP contribution >= 0.6 is 0 Å². The van der Waals surface area contributed by atoms with Gasteiger partial charge in [-0.3, -0.25) is 0 Å². The molecule has 0 amide bonds. The molecule has 0 radical (unpaired) electrons. The van der Waals surface area contributed by atoms with E-state index in [0.717, 1.165) is 32.6 Å². The molecule has 1 unspecified atom stereocenters. The third kappa shape index (κ3) is 7.82. The topological polar surface area (TPSA) is 21.3 Å². The van der Waals surface area contributed by atoms with Gasteiger partial charge in [0, 0.05) is 19.3 Å². The molecule has 0 saturated carbocycles. The summed E-state index contributed by atoms with van der Waals surface area (Å²) in [6.07, 6.45) is 2.24. The lowest BCUT2D eigenvalue weighted by molar-refractivity contribution is 0.126. The summed E-state index contributed by atoms with van der Waals surface area (Å²) in [5.41, 5.74) is 0. The number of hydrogen-bond acceptors (Lipinski definition) is 2. The van der Waals surface area contributed by atoms with Crippen molar-refractivity contribution in [3.63, 3.8) is 0 Å². The Kier molecular flexibility index (Phi) is 7.96. The van der Waals surface area contributed by atoms with Crippen LogP contribution in [-0.4, -0.2) is 25.8 Å². The zero-order chi connectivity index (χ0) is 8.53. The summed E-state index contributed by atoms with van der Waals surface area (Å²) in [5.74, 6) is 0. The average molecular weight is 159 g/mol. The first-order valence-electron chi connectivity index (χ1n) is 4.62. The Balaban J connectivity index is 2.97. The van der Waals surface area contributed by atoms with Crippen molar-refractivity contribution in [2.24, 2.45) is 0 Å². The van der Waals surface area contributed by atoms with Gasteiger partial charge in [0.2, 0.25) is 0 Å². The first-order valence-corrected chi connectivity index (χ1v) is 4.62. The molecule has 2 nitrogen and oxygen atoms in total. The summed E-state index contributed by atoms with van der Waals surface area (Å²) in [4.78, 5) is 0. The molecular formula is C9H21NO. The van der Waals surface area contributed by atoms with Crippen LogP contribution in [0.2, 0.25) is 0 Å². The molecule has 0 spiro atoms. The van der Waals surface area contributed by atoms with Crippen molar-refractivity contribution in [2.75, 3.05) is 19.8 Å². The lowest BCUT2D eigenvalue weighted by Gasteiger charge is -2.11. The second-order valence-corrected chi connectivity index (χ2v) is 2.86. The van der Waals surface area contributed by atoms with E-state index in [9.17, 15) is 0 Å². The van der Waals surface area contributed by atoms with E-state index < -0.39 is 0 Å². The van der Waals surface area contributed by atoms with Crippen LogP contribution < -0.4 is 5.32 Å². The second kappa shape index (κ2) is 8.02. The molecule has 0 rings (SSSR count). The van der Waals surface area contributed by atoms with Crippen LogP contribution in [-0.2, 0) is 4.74 Å². The Labute approximate surface area is 70.3 Å². The largest absolute Gasteiger partial charge is 0.381 e. The van der Waals surface area contributed by atoms with Gasteiger partial charge in [-0.25, -0.2) is 0 Å². The molecule has 0 bridgehead atoms. The predicted molar refractivity (Wildman–Crippen MR) is 48.9 cm³/mol. The summed E-state index contributed by atoms with van der Waals surface area (Å²) in [7, 11) is 0. The van der Waals surface area contributed by atoms with E-state index in [1.54, 1.807) is 0 Å². The summed E-state index contributed by atoms with van der Waals surface area (Å²) in [6, 6.07) is 0.594. The monoisotopic (exact) mass is 159 g/mol. The van der Waals surface area contributed by atoms with E-state index >= 15 is 0 Å². The highest BCUT2D eigenvalue weighted by Gasteiger charge is 1.97. The fraction of sp³-hybridized carbons (Fsp3) is 1.00. The maximum Gasteiger partial charge on any atom is 0.0480 e. The van der Waals surface area contributed by atoms with Gasteiger partial charge in [-0.2, -0.15) is 0 Å². The SMILES string of the molecule is CCCOCCC(C)NCC. The first kappa shape index (κ1) is 10.9.